The molecule has 0 aromatic heterocycles. The molecule has 1 saturated carbocycles. The number of aliphatic carboxylic acids is 1. The van der Waals surface area contributed by atoms with Crippen molar-refractivity contribution < 1.29 is 19.5 Å². The number of carbonyl (C=O) groups excluding carboxylic acids is 2. The van der Waals surface area contributed by atoms with Crippen molar-refractivity contribution in [3.8, 4) is 0 Å². The first kappa shape index (κ1) is 16.9. The number of hydrogen-bond donors (Lipinski definition) is 2. The van der Waals surface area contributed by atoms with E-state index in [0.717, 1.165) is 6.42 Å². The standard InChI is InChI=1S/C19H23N3O4/c23-17-8-14(20-19(26)21-7-6-13(10-21)18(24)25)11-22(17)16-9-15(16)12-4-2-1-3-5-12/h1-5,13-16H,6-11H2,(H,20,26)(H,24,25). The second-order valence-corrected chi connectivity index (χ2v) is 7.49. The van der Waals surface area contributed by atoms with Crippen LogP contribution in [0.4, 0.5) is 4.79 Å². The Morgan fingerprint density at radius 1 is 1.15 bits per heavy atom. The van der Waals surface area contributed by atoms with E-state index in [9.17, 15) is 14.4 Å². The highest BCUT2D eigenvalue weighted by atomic mass is 16.4. The summed E-state index contributed by atoms with van der Waals surface area (Å²) in [5.41, 5.74) is 1.26. The van der Waals surface area contributed by atoms with E-state index in [0.29, 0.717) is 31.8 Å². The van der Waals surface area contributed by atoms with Crippen LogP contribution in [0, 0.1) is 5.92 Å². The second-order valence-electron chi connectivity index (χ2n) is 7.49. The lowest BCUT2D eigenvalue weighted by Gasteiger charge is -2.21. The van der Waals surface area contributed by atoms with Crippen LogP contribution in [0.25, 0.3) is 0 Å². The number of nitrogens with one attached hydrogen (secondary N) is 1. The van der Waals surface area contributed by atoms with Crippen molar-refractivity contribution in [3.05, 3.63) is 35.9 Å². The largest absolute Gasteiger partial charge is 0.481 e. The lowest BCUT2D eigenvalue weighted by atomic mass is 10.1. The zero-order chi connectivity index (χ0) is 18.3. The van der Waals surface area contributed by atoms with Crippen LogP contribution < -0.4 is 5.32 Å². The molecule has 7 nitrogen and oxygen atoms in total. The molecule has 3 fully saturated rings. The van der Waals surface area contributed by atoms with Crippen LogP contribution in [0.2, 0.25) is 0 Å². The molecule has 3 amide bonds. The quantitative estimate of drug-likeness (QED) is 0.849. The molecule has 0 radical (unpaired) electrons. The monoisotopic (exact) mass is 357 g/mol. The Hall–Kier alpha value is -2.57. The number of hydrogen-bond acceptors (Lipinski definition) is 3. The van der Waals surface area contributed by atoms with Crippen LogP contribution >= 0.6 is 0 Å². The van der Waals surface area contributed by atoms with Crippen LogP contribution in [-0.4, -0.2) is 64.5 Å². The van der Waals surface area contributed by atoms with Gasteiger partial charge in [0, 0.05) is 38.0 Å². The predicted molar refractivity (Wildman–Crippen MR) is 93.6 cm³/mol. The first-order chi connectivity index (χ1) is 12.5. The minimum absolute atomic E-state index is 0.0866. The number of likely N-dealkylation sites (tertiary alicyclic amines) is 2. The van der Waals surface area contributed by atoms with E-state index in [2.05, 4.69) is 17.4 Å². The number of amides is 3. The minimum atomic E-state index is -0.858. The molecule has 0 bridgehead atoms. The summed E-state index contributed by atoms with van der Waals surface area (Å²) in [5, 5.41) is 12.0. The summed E-state index contributed by atoms with van der Waals surface area (Å²) < 4.78 is 0. The van der Waals surface area contributed by atoms with E-state index in [1.807, 2.05) is 23.1 Å². The Bertz CT molecular complexity index is 723. The zero-order valence-electron chi connectivity index (χ0n) is 14.5. The molecule has 3 aliphatic rings. The molecule has 4 unspecified atom stereocenters. The van der Waals surface area contributed by atoms with E-state index in [1.54, 1.807) is 0 Å². The third-order valence-corrected chi connectivity index (χ3v) is 5.70. The highest BCUT2D eigenvalue weighted by molar-refractivity contribution is 5.83. The maximum atomic E-state index is 12.4. The van der Waals surface area contributed by atoms with Crippen LogP contribution in [-0.2, 0) is 9.59 Å². The number of urea groups is 1. The number of carboxylic acid groups (broad SMARTS) is 1. The summed E-state index contributed by atoms with van der Waals surface area (Å²) in [6.45, 7) is 1.23. The summed E-state index contributed by atoms with van der Waals surface area (Å²) in [4.78, 5) is 39.2. The molecule has 1 aromatic carbocycles. The van der Waals surface area contributed by atoms with Gasteiger partial charge in [0.2, 0.25) is 5.91 Å². The van der Waals surface area contributed by atoms with E-state index >= 15 is 0 Å². The Labute approximate surface area is 152 Å². The van der Waals surface area contributed by atoms with Gasteiger partial charge in [0.15, 0.2) is 0 Å². The third-order valence-electron chi connectivity index (χ3n) is 5.70. The Morgan fingerprint density at radius 3 is 2.62 bits per heavy atom. The maximum absolute atomic E-state index is 12.4. The summed E-state index contributed by atoms with van der Waals surface area (Å²) >= 11 is 0. The third kappa shape index (κ3) is 3.25. The van der Waals surface area contributed by atoms with Crippen molar-refractivity contribution in [2.75, 3.05) is 19.6 Å². The molecule has 4 atom stereocenters. The number of carboxylic acids is 1. The normalized spacial score (nSPS) is 30.5. The molecule has 1 aromatic rings. The van der Waals surface area contributed by atoms with E-state index in [1.165, 1.54) is 10.5 Å². The molecule has 7 heteroatoms. The topological polar surface area (TPSA) is 90.0 Å². The van der Waals surface area contributed by atoms with Gasteiger partial charge in [-0.1, -0.05) is 30.3 Å². The zero-order valence-corrected chi connectivity index (χ0v) is 14.5. The molecule has 2 heterocycles. The fourth-order valence-corrected chi connectivity index (χ4v) is 4.15. The van der Waals surface area contributed by atoms with Gasteiger partial charge in [0.05, 0.1) is 12.0 Å². The smallest absolute Gasteiger partial charge is 0.317 e. The molecular weight excluding hydrogens is 334 g/mol. The molecule has 2 aliphatic heterocycles. The van der Waals surface area contributed by atoms with Gasteiger partial charge in [-0.3, -0.25) is 9.59 Å². The average Bonchev–Trinajstić information content (AvgIpc) is 3.08. The lowest BCUT2D eigenvalue weighted by Crippen LogP contribution is -2.45. The van der Waals surface area contributed by atoms with Crippen LogP contribution in [0.5, 0.6) is 0 Å². The predicted octanol–water partition coefficient (Wildman–Crippen LogP) is 1.26. The maximum Gasteiger partial charge on any atom is 0.317 e. The number of benzene rings is 1. The van der Waals surface area contributed by atoms with Gasteiger partial charge in [-0.15, -0.1) is 0 Å². The van der Waals surface area contributed by atoms with Crippen molar-refractivity contribution in [1.29, 1.82) is 0 Å². The number of carbonyl (C=O) groups is 3. The van der Waals surface area contributed by atoms with Crippen molar-refractivity contribution in [2.24, 2.45) is 5.92 Å². The van der Waals surface area contributed by atoms with Crippen LogP contribution in [0.1, 0.15) is 30.7 Å². The van der Waals surface area contributed by atoms with Gasteiger partial charge in [0.25, 0.3) is 0 Å². The van der Waals surface area contributed by atoms with Gasteiger partial charge < -0.3 is 20.2 Å². The summed E-state index contributed by atoms with van der Waals surface area (Å²) in [6, 6.07) is 9.98. The fraction of sp³-hybridized carbons (Fsp3) is 0.526. The Kier molecular flexibility index (Phi) is 4.30. The highest BCUT2D eigenvalue weighted by Gasteiger charge is 2.48. The van der Waals surface area contributed by atoms with E-state index in [-0.39, 0.29) is 30.6 Å². The van der Waals surface area contributed by atoms with Crippen molar-refractivity contribution in [3.63, 3.8) is 0 Å². The van der Waals surface area contributed by atoms with Gasteiger partial charge >= 0.3 is 12.0 Å². The molecule has 1 aliphatic carbocycles. The number of nitrogens with zero attached hydrogens (tertiary/aromatic N) is 2. The Morgan fingerprint density at radius 2 is 1.92 bits per heavy atom. The minimum Gasteiger partial charge on any atom is -0.481 e. The molecule has 2 N–H and O–H groups in total. The molecule has 0 spiro atoms. The van der Waals surface area contributed by atoms with Gasteiger partial charge in [-0.25, -0.2) is 4.79 Å². The first-order valence-electron chi connectivity index (χ1n) is 9.15. The summed E-state index contributed by atoms with van der Waals surface area (Å²) in [5.74, 6) is -0.864. The number of rotatable bonds is 4. The average molecular weight is 357 g/mol. The van der Waals surface area contributed by atoms with E-state index in [4.69, 9.17) is 5.11 Å². The van der Waals surface area contributed by atoms with Crippen molar-refractivity contribution in [2.45, 2.75) is 37.3 Å². The van der Waals surface area contributed by atoms with Gasteiger partial charge in [-0.05, 0) is 18.4 Å². The second kappa shape index (κ2) is 6.63. The van der Waals surface area contributed by atoms with Crippen molar-refractivity contribution >= 4 is 17.9 Å². The first-order valence-corrected chi connectivity index (χ1v) is 9.15. The van der Waals surface area contributed by atoms with Gasteiger partial charge in [-0.2, -0.15) is 0 Å². The fourth-order valence-electron chi connectivity index (χ4n) is 4.15. The summed E-state index contributed by atoms with van der Waals surface area (Å²) in [6.07, 6.45) is 1.78. The summed E-state index contributed by atoms with van der Waals surface area (Å²) in [7, 11) is 0. The molecule has 4 rings (SSSR count). The van der Waals surface area contributed by atoms with Crippen LogP contribution in [0.3, 0.4) is 0 Å². The molecule has 26 heavy (non-hydrogen) atoms. The van der Waals surface area contributed by atoms with Gasteiger partial charge in [0.1, 0.15) is 0 Å². The van der Waals surface area contributed by atoms with Crippen LogP contribution in [0.15, 0.2) is 30.3 Å². The molecule has 2 saturated heterocycles. The molecular formula is C19H23N3O4. The Balaban J connectivity index is 1.30. The SMILES string of the molecule is O=C(O)C1CCN(C(=O)NC2CC(=O)N(C3CC3c3ccccc3)C2)C1. The lowest BCUT2D eigenvalue weighted by molar-refractivity contribution is -0.141. The highest BCUT2D eigenvalue weighted by Crippen LogP contribution is 2.45. The van der Waals surface area contributed by atoms with Crippen molar-refractivity contribution in [1.82, 2.24) is 15.1 Å². The molecule has 138 valence electrons. The van der Waals surface area contributed by atoms with E-state index < -0.39 is 11.9 Å².